The van der Waals surface area contributed by atoms with Gasteiger partial charge in [-0.2, -0.15) is 0 Å². The summed E-state index contributed by atoms with van der Waals surface area (Å²) in [5.74, 6) is 2.65. The smallest absolute Gasteiger partial charge is 0.151 e. The lowest BCUT2D eigenvalue weighted by Crippen LogP contribution is -2.06. The second-order valence-corrected chi connectivity index (χ2v) is 3.16. The van der Waals surface area contributed by atoms with Gasteiger partial charge in [0.05, 0.1) is 6.04 Å². The number of carbonyl (C=O) groups is 1. The van der Waals surface area contributed by atoms with E-state index in [0.29, 0.717) is 0 Å². The zero-order chi connectivity index (χ0) is 10.0. The molecule has 0 saturated heterocycles. The fourth-order valence-electron chi connectivity index (χ4n) is 1.59. The van der Waals surface area contributed by atoms with E-state index in [1.807, 2.05) is 31.4 Å². The number of aldehydes is 1. The summed E-state index contributed by atoms with van der Waals surface area (Å²) >= 11 is 0. The average Bonchev–Trinajstić information content (AvgIpc) is 2.40. The van der Waals surface area contributed by atoms with Gasteiger partial charge in [-0.05, 0) is 26.8 Å². The third-order valence-corrected chi connectivity index (χ3v) is 2.28. The van der Waals surface area contributed by atoms with Crippen LogP contribution in [0.3, 0.4) is 0 Å². The van der Waals surface area contributed by atoms with Crippen LogP contribution in [0.15, 0.2) is 6.07 Å². The lowest BCUT2D eigenvalue weighted by molar-refractivity contribution is 0.112. The molecule has 1 aromatic heterocycles. The molecule has 0 N–H and O–H groups in total. The van der Waals surface area contributed by atoms with Crippen molar-refractivity contribution in [3.8, 4) is 12.3 Å². The van der Waals surface area contributed by atoms with Gasteiger partial charge in [0.1, 0.15) is 0 Å². The van der Waals surface area contributed by atoms with Gasteiger partial charge in [-0.1, -0.05) is 5.92 Å². The molecule has 13 heavy (non-hydrogen) atoms. The Bertz CT molecular complexity index is 368. The van der Waals surface area contributed by atoms with Crippen LogP contribution >= 0.6 is 0 Å². The van der Waals surface area contributed by atoms with Gasteiger partial charge >= 0.3 is 0 Å². The normalized spacial score (nSPS) is 12.2. The van der Waals surface area contributed by atoms with Crippen molar-refractivity contribution in [2.75, 3.05) is 0 Å². The van der Waals surface area contributed by atoms with Crippen LogP contribution < -0.4 is 0 Å². The van der Waals surface area contributed by atoms with Crippen LogP contribution in [0.2, 0.25) is 0 Å². The molecule has 0 spiro atoms. The van der Waals surface area contributed by atoms with E-state index in [2.05, 4.69) is 5.92 Å². The Morgan fingerprint density at radius 1 is 1.62 bits per heavy atom. The van der Waals surface area contributed by atoms with E-state index in [9.17, 15) is 4.79 Å². The number of hydrogen-bond acceptors (Lipinski definition) is 1. The largest absolute Gasteiger partial charge is 0.335 e. The van der Waals surface area contributed by atoms with Crippen molar-refractivity contribution in [2.45, 2.75) is 26.8 Å². The number of carbonyl (C=O) groups excluding carboxylic acids is 1. The summed E-state index contributed by atoms with van der Waals surface area (Å²) in [7, 11) is 0. The maximum atomic E-state index is 10.6. The molecule has 0 bridgehead atoms. The zero-order valence-electron chi connectivity index (χ0n) is 8.16. The first-order chi connectivity index (χ1) is 6.11. The van der Waals surface area contributed by atoms with Crippen molar-refractivity contribution < 1.29 is 4.79 Å². The van der Waals surface area contributed by atoms with Crippen LogP contribution in [0.1, 0.15) is 34.7 Å². The lowest BCUT2D eigenvalue weighted by atomic mass is 10.2. The topological polar surface area (TPSA) is 22.0 Å². The molecular formula is C11H13NO. The van der Waals surface area contributed by atoms with Gasteiger partial charge in [-0.15, -0.1) is 6.42 Å². The van der Waals surface area contributed by atoms with Crippen LogP contribution in [0.5, 0.6) is 0 Å². The number of aromatic nitrogens is 1. The Balaban J connectivity index is 3.30. The molecule has 0 aliphatic rings. The highest BCUT2D eigenvalue weighted by atomic mass is 16.1. The van der Waals surface area contributed by atoms with E-state index >= 15 is 0 Å². The molecule has 68 valence electrons. The maximum Gasteiger partial charge on any atom is 0.151 e. The van der Waals surface area contributed by atoms with Crippen LogP contribution in [0, 0.1) is 26.2 Å². The van der Waals surface area contributed by atoms with Gasteiger partial charge in [0, 0.05) is 17.0 Å². The molecule has 2 heteroatoms. The fourth-order valence-corrected chi connectivity index (χ4v) is 1.59. The highest BCUT2D eigenvalue weighted by Gasteiger charge is 2.11. The standard InChI is InChI=1S/C11H13NO/c1-5-8(2)12-9(3)6-11(7-13)10(12)4/h1,6-8H,2-4H3. The van der Waals surface area contributed by atoms with E-state index < -0.39 is 0 Å². The Labute approximate surface area is 78.6 Å². The molecule has 2 nitrogen and oxygen atoms in total. The number of hydrogen-bond donors (Lipinski definition) is 0. The minimum absolute atomic E-state index is 0.00806. The van der Waals surface area contributed by atoms with Crippen molar-refractivity contribution in [1.82, 2.24) is 4.57 Å². The summed E-state index contributed by atoms with van der Waals surface area (Å²) < 4.78 is 1.99. The Morgan fingerprint density at radius 3 is 2.62 bits per heavy atom. The summed E-state index contributed by atoms with van der Waals surface area (Å²) in [6, 6.07) is 1.87. The summed E-state index contributed by atoms with van der Waals surface area (Å²) in [6.45, 7) is 5.80. The van der Waals surface area contributed by atoms with Crippen molar-refractivity contribution in [3.05, 3.63) is 23.0 Å². The van der Waals surface area contributed by atoms with Gasteiger partial charge in [-0.3, -0.25) is 4.79 Å². The van der Waals surface area contributed by atoms with Gasteiger partial charge in [-0.25, -0.2) is 0 Å². The summed E-state index contributed by atoms with van der Waals surface area (Å²) in [5.41, 5.74) is 2.70. The molecular weight excluding hydrogens is 162 g/mol. The molecule has 0 radical (unpaired) electrons. The number of terminal acetylenes is 1. The molecule has 0 fully saturated rings. The highest BCUT2D eigenvalue weighted by Crippen LogP contribution is 2.18. The number of rotatable bonds is 2. The SMILES string of the molecule is C#CC(C)n1c(C)cc(C=O)c1C. The van der Waals surface area contributed by atoms with E-state index in [1.165, 1.54) is 0 Å². The van der Waals surface area contributed by atoms with E-state index in [4.69, 9.17) is 6.42 Å². The van der Waals surface area contributed by atoms with Crippen LogP contribution in [0.4, 0.5) is 0 Å². The van der Waals surface area contributed by atoms with E-state index in [-0.39, 0.29) is 6.04 Å². The van der Waals surface area contributed by atoms with Crippen molar-refractivity contribution >= 4 is 6.29 Å². The molecule has 1 atom stereocenters. The van der Waals surface area contributed by atoms with Crippen molar-refractivity contribution in [2.24, 2.45) is 0 Å². The first kappa shape index (κ1) is 9.60. The van der Waals surface area contributed by atoms with Gasteiger partial charge < -0.3 is 4.57 Å². The third-order valence-electron chi connectivity index (χ3n) is 2.28. The number of nitrogens with zero attached hydrogens (tertiary/aromatic N) is 1. The van der Waals surface area contributed by atoms with Gasteiger partial charge in [0.15, 0.2) is 6.29 Å². The minimum atomic E-state index is 0.00806. The lowest BCUT2D eigenvalue weighted by Gasteiger charge is -2.12. The van der Waals surface area contributed by atoms with Crippen LogP contribution in [-0.2, 0) is 0 Å². The third kappa shape index (κ3) is 1.50. The summed E-state index contributed by atoms with van der Waals surface area (Å²) in [6.07, 6.45) is 6.20. The average molecular weight is 175 g/mol. The first-order valence-electron chi connectivity index (χ1n) is 4.21. The highest BCUT2D eigenvalue weighted by molar-refractivity contribution is 5.77. The van der Waals surface area contributed by atoms with Crippen molar-refractivity contribution in [3.63, 3.8) is 0 Å². The van der Waals surface area contributed by atoms with Crippen LogP contribution in [-0.4, -0.2) is 10.9 Å². The van der Waals surface area contributed by atoms with E-state index in [0.717, 1.165) is 23.2 Å². The molecule has 1 aromatic rings. The second-order valence-electron chi connectivity index (χ2n) is 3.16. The zero-order valence-corrected chi connectivity index (χ0v) is 8.16. The van der Waals surface area contributed by atoms with Gasteiger partial charge in [0.25, 0.3) is 0 Å². The Kier molecular flexibility index (Phi) is 2.57. The van der Waals surface area contributed by atoms with Crippen LogP contribution in [0.25, 0.3) is 0 Å². The monoisotopic (exact) mass is 175 g/mol. The molecule has 0 saturated carbocycles. The molecule has 1 heterocycles. The minimum Gasteiger partial charge on any atom is -0.335 e. The molecule has 1 rings (SSSR count). The predicted molar refractivity (Wildman–Crippen MR) is 52.8 cm³/mol. The Morgan fingerprint density at radius 2 is 2.23 bits per heavy atom. The molecule has 0 aliphatic heterocycles. The quantitative estimate of drug-likeness (QED) is 0.498. The molecule has 1 unspecified atom stereocenters. The predicted octanol–water partition coefficient (Wildman–Crippen LogP) is 2.11. The van der Waals surface area contributed by atoms with E-state index in [1.54, 1.807) is 0 Å². The maximum absolute atomic E-state index is 10.6. The van der Waals surface area contributed by atoms with Crippen molar-refractivity contribution in [1.29, 1.82) is 0 Å². The van der Waals surface area contributed by atoms with Gasteiger partial charge in [0.2, 0.25) is 0 Å². The Hall–Kier alpha value is -1.49. The molecule has 0 aliphatic carbocycles. The molecule has 0 amide bonds. The first-order valence-corrected chi connectivity index (χ1v) is 4.21. The summed E-state index contributed by atoms with van der Waals surface area (Å²) in [4.78, 5) is 10.6. The molecule has 0 aromatic carbocycles. The second kappa shape index (κ2) is 3.49. The number of aryl methyl sites for hydroxylation is 1. The summed E-state index contributed by atoms with van der Waals surface area (Å²) in [5, 5.41) is 0. The fraction of sp³-hybridized carbons (Fsp3) is 0.364.